The maximum absolute atomic E-state index is 10.7. The summed E-state index contributed by atoms with van der Waals surface area (Å²) in [5.74, 6) is 0. The molecule has 0 heterocycles. The predicted octanol–water partition coefficient (Wildman–Crippen LogP) is 2.20. The van der Waals surface area contributed by atoms with Gasteiger partial charge in [-0.05, 0) is 25.5 Å². The molecule has 5 heteroatoms. The molecule has 3 nitrogen and oxygen atoms in total. The molecule has 1 N–H and O–H groups in total. The van der Waals surface area contributed by atoms with Crippen molar-refractivity contribution in [3.8, 4) is 0 Å². The van der Waals surface area contributed by atoms with Crippen LogP contribution in [-0.4, -0.2) is 8.42 Å². The van der Waals surface area contributed by atoms with E-state index in [-0.39, 0.29) is 0 Å². The molecule has 13 heavy (non-hydrogen) atoms. The summed E-state index contributed by atoms with van der Waals surface area (Å²) in [7, 11) is 1.35. The zero-order valence-electron chi connectivity index (χ0n) is 7.33. The van der Waals surface area contributed by atoms with E-state index in [0.29, 0.717) is 5.69 Å². The Labute approximate surface area is 82.3 Å². The van der Waals surface area contributed by atoms with E-state index in [0.717, 1.165) is 11.1 Å². The van der Waals surface area contributed by atoms with Crippen LogP contribution in [0.5, 0.6) is 0 Å². The van der Waals surface area contributed by atoms with Crippen LogP contribution in [0, 0.1) is 13.8 Å². The van der Waals surface area contributed by atoms with Crippen LogP contribution in [0.1, 0.15) is 11.1 Å². The third-order valence-corrected chi connectivity index (χ3v) is 2.31. The van der Waals surface area contributed by atoms with Crippen LogP contribution in [0.15, 0.2) is 18.2 Å². The van der Waals surface area contributed by atoms with Crippen LogP contribution in [-0.2, 0) is 9.24 Å². The lowest BCUT2D eigenvalue weighted by Gasteiger charge is -2.06. The van der Waals surface area contributed by atoms with Gasteiger partial charge in [0.1, 0.15) is 0 Å². The molecule has 0 amide bonds. The highest BCUT2D eigenvalue weighted by molar-refractivity contribution is 8.14. The average molecular weight is 220 g/mol. The zero-order chi connectivity index (χ0) is 10.1. The standard InChI is InChI=1S/C8H10ClNO2S/c1-6-3-4-8(7(2)5-6)10-13(9,11)12/h3-5,10H,1-2H3. The van der Waals surface area contributed by atoms with Crippen LogP contribution in [0.4, 0.5) is 5.69 Å². The van der Waals surface area contributed by atoms with Crippen molar-refractivity contribution in [1.29, 1.82) is 0 Å². The van der Waals surface area contributed by atoms with Crippen LogP contribution >= 0.6 is 10.7 Å². The van der Waals surface area contributed by atoms with Gasteiger partial charge in [-0.2, -0.15) is 8.42 Å². The number of anilines is 1. The highest BCUT2D eigenvalue weighted by Gasteiger charge is 2.06. The Morgan fingerprint density at radius 3 is 2.38 bits per heavy atom. The van der Waals surface area contributed by atoms with Crippen molar-refractivity contribution in [2.45, 2.75) is 13.8 Å². The predicted molar refractivity (Wildman–Crippen MR) is 54.3 cm³/mol. The van der Waals surface area contributed by atoms with Gasteiger partial charge in [0, 0.05) is 10.7 Å². The third-order valence-electron chi connectivity index (χ3n) is 1.61. The molecule has 0 saturated heterocycles. The average Bonchev–Trinajstić information content (AvgIpc) is 1.93. The highest BCUT2D eigenvalue weighted by Crippen LogP contribution is 2.18. The van der Waals surface area contributed by atoms with E-state index >= 15 is 0 Å². The summed E-state index contributed by atoms with van der Waals surface area (Å²) < 4.78 is 23.6. The van der Waals surface area contributed by atoms with Gasteiger partial charge in [0.2, 0.25) is 0 Å². The molecule has 0 bridgehead atoms. The van der Waals surface area contributed by atoms with Crippen LogP contribution in [0.2, 0.25) is 0 Å². The number of benzene rings is 1. The molecule has 0 aromatic heterocycles. The summed E-state index contributed by atoms with van der Waals surface area (Å²) >= 11 is 0. The Morgan fingerprint density at radius 1 is 1.31 bits per heavy atom. The smallest absolute Gasteiger partial charge is 0.271 e. The SMILES string of the molecule is Cc1ccc(NS(=O)(=O)Cl)c(C)c1. The van der Waals surface area contributed by atoms with Crippen molar-refractivity contribution in [3.05, 3.63) is 29.3 Å². The van der Waals surface area contributed by atoms with Crippen molar-refractivity contribution in [3.63, 3.8) is 0 Å². The second-order valence-corrected chi connectivity index (χ2v) is 5.16. The minimum Gasteiger partial charge on any atom is -0.271 e. The maximum atomic E-state index is 10.7. The maximum Gasteiger partial charge on any atom is 0.319 e. The molecule has 0 unspecified atom stereocenters. The Bertz CT molecular complexity index is 414. The van der Waals surface area contributed by atoms with Crippen molar-refractivity contribution < 1.29 is 8.42 Å². The van der Waals surface area contributed by atoms with Gasteiger partial charge in [-0.1, -0.05) is 17.7 Å². The second-order valence-electron chi connectivity index (χ2n) is 2.86. The van der Waals surface area contributed by atoms with Crippen LogP contribution < -0.4 is 4.72 Å². The van der Waals surface area contributed by atoms with Gasteiger partial charge in [-0.15, -0.1) is 0 Å². The fourth-order valence-corrected chi connectivity index (χ4v) is 1.80. The summed E-state index contributed by atoms with van der Waals surface area (Å²) in [6.45, 7) is 3.75. The van der Waals surface area contributed by atoms with Gasteiger partial charge in [0.25, 0.3) is 0 Å². The molecule has 0 saturated carbocycles. The second kappa shape index (κ2) is 3.55. The normalized spacial score (nSPS) is 11.3. The summed E-state index contributed by atoms with van der Waals surface area (Å²) in [6.07, 6.45) is 0. The van der Waals surface area contributed by atoms with Gasteiger partial charge in [0.15, 0.2) is 0 Å². The number of hydrogen-bond acceptors (Lipinski definition) is 2. The van der Waals surface area contributed by atoms with E-state index in [2.05, 4.69) is 4.72 Å². The quantitative estimate of drug-likeness (QED) is 0.776. The number of nitrogens with one attached hydrogen (secondary N) is 1. The van der Waals surface area contributed by atoms with Crippen LogP contribution in [0.3, 0.4) is 0 Å². The first-order valence-corrected chi connectivity index (χ1v) is 5.99. The van der Waals surface area contributed by atoms with E-state index in [1.165, 1.54) is 0 Å². The summed E-state index contributed by atoms with van der Waals surface area (Å²) in [6, 6.07) is 5.38. The Hall–Kier alpha value is -0.740. The number of rotatable bonds is 2. The van der Waals surface area contributed by atoms with Gasteiger partial charge in [0.05, 0.1) is 5.69 Å². The largest absolute Gasteiger partial charge is 0.319 e. The van der Waals surface area contributed by atoms with E-state index in [9.17, 15) is 8.42 Å². The number of halogens is 1. The molecule has 1 aromatic carbocycles. The molecule has 0 aliphatic rings. The topological polar surface area (TPSA) is 46.2 Å². The summed E-state index contributed by atoms with van der Waals surface area (Å²) in [5, 5.41) is 0. The molecule has 0 aliphatic heterocycles. The molecule has 72 valence electrons. The monoisotopic (exact) mass is 219 g/mol. The van der Waals surface area contributed by atoms with Gasteiger partial charge >= 0.3 is 9.24 Å². The molecule has 0 atom stereocenters. The summed E-state index contributed by atoms with van der Waals surface area (Å²) in [5.41, 5.74) is 2.44. The number of hydrogen-bond donors (Lipinski definition) is 1. The van der Waals surface area contributed by atoms with Crippen molar-refractivity contribution in [1.82, 2.24) is 0 Å². The highest BCUT2D eigenvalue weighted by atomic mass is 35.7. The molecule has 1 rings (SSSR count). The summed E-state index contributed by atoms with van der Waals surface area (Å²) in [4.78, 5) is 0. The fraction of sp³-hybridized carbons (Fsp3) is 0.250. The van der Waals surface area contributed by atoms with E-state index in [1.54, 1.807) is 6.07 Å². The van der Waals surface area contributed by atoms with Crippen molar-refractivity contribution in [2.24, 2.45) is 0 Å². The van der Waals surface area contributed by atoms with Crippen molar-refractivity contribution >= 4 is 25.6 Å². The molecular weight excluding hydrogens is 210 g/mol. The molecule has 0 aliphatic carbocycles. The lowest BCUT2D eigenvalue weighted by Crippen LogP contribution is -2.05. The van der Waals surface area contributed by atoms with E-state index in [4.69, 9.17) is 10.7 Å². The van der Waals surface area contributed by atoms with Gasteiger partial charge in [-0.25, -0.2) is 0 Å². The van der Waals surface area contributed by atoms with Crippen molar-refractivity contribution in [2.75, 3.05) is 4.72 Å². The Morgan fingerprint density at radius 2 is 1.92 bits per heavy atom. The van der Waals surface area contributed by atoms with Crippen LogP contribution in [0.25, 0.3) is 0 Å². The lowest BCUT2D eigenvalue weighted by atomic mass is 10.1. The van der Waals surface area contributed by atoms with Gasteiger partial charge in [-0.3, -0.25) is 4.72 Å². The third kappa shape index (κ3) is 3.24. The molecule has 1 aromatic rings. The zero-order valence-corrected chi connectivity index (χ0v) is 8.91. The first-order valence-electron chi connectivity index (χ1n) is 3.68. The first-order chi connectivity index (χ1) is 5.88. The molecule has 0 radical (unpaired) electrons. The van der Waals surface area contributed by atoms with E-state index < -0.39 is 9.24 Å². The molecule has 0 fully saturated rings. The fourth-order valence-electron chi connectivity index (χ4n) is 1.06. The lowest BCUT2D eigenvalue weighted by molar-refractivity contribution is 0.614. The Balaban J connectivity index is 3.04. The van der Waals surface area contributed by atoms with Gasteiger partial charge < -0.3 is 0 Å². The molecular formula is C8H10ClNO2S. The molecule has 0 spiro atoms. The minimum atomic E-state index is -3.69. The Kier molecular flexibility index (Phi) is 2.83. The minimum absolute atomic E-state index is 0.514. The first kappa shape index (κ1) is 10.3. The van der Waals surface area contributed by atoms with E-state index in [1.807, 2.05) is 26.0 Å². The number of aryl methyl sites for hydroxylation is 2.